The number of benzene rings is 3. The monoisotopic (exact) mass is 497 g/mol. The molecule has 0 aromatic heterocycles. The summed E-state index contributed by atoms with van der Waals surface area (Å²) < 4.78 is 51.4. The second-order valence-electron chi connectivity index (χ2n) is 8.72. The molecule has 0 saturated heterocycles. The van der Waals surface area contributed by atoms with Gasteiger partial charge in [0.15, 0.2) is 0 Å². The average Bonchev–Trinajstić information content (AvgIpc) is 3.26. The molecule has 0 bridgehead atoms. The molecule has 36 heavy (non-hydrogen) atoms. The molecule has 0 aliphatic heterocycles. The number of hydrogen-bond acceptors (Lipinski definition) is 4. The summed E-state index contributed by atoms with van der Waals surface area (Å²) in [5.41, 5.74) is 2.21. The number of halogens is 3. The number of nitrogens with zero attached hydrogens (tertiary/aromatic N) is 1. The third-order valence-corrected chi connectivity index (χ3v) is 6.31. The average molecular weight is 498 g/mol. The van der Waals surface area contributed by atoms with E-state index < -0.39 is 17.7 Å². The molecule has 4 rings (SSSR count). The first-order valence-electron chi connectivity index (χ1n) is 11.5. The summed E-state index contributed by atoms with van der Waals surface area (Å²) >= 11 is 0. The molecule has 1 aliphatic rings. The second-order valence-corrected chi connectivity index (χ2v) is 8.72. The van der Waals surface area contributed by atoms with E-state index in [0.717, 1.165) is 29.7 Å². The van der Waals surface area contributed by atoms with Crippen molar-refractivity contribution in [2.45, 2.75) is 44.9 Å². The van der Waals surface area contributed by atoms with E-state index in [0.29, 0.717) is 17.7 Å². The number of aryl methyl sites for hydroxylation is 1. The normalized spacial score (nSPS) is 14.8. The van der Waals surface area contributed by atoms with Crippen LogP contribution in [0.5, 0.6) is 11.5 Å². The smallest absolute Gasteiger partial charge is 0.416 e. The molecule has 5 nitrogen and oxygen atoms in total. The van der Waals surface area contributed by atoms with Crippen LogP contribution >= 0.6 is 0 Å². The van der Waals surface area contributed by atoms with E-state index in [2.05, 4.69) is 0 Å². The maximum atomic E-state index is 13.6. The lowest BCUT2D eigenvalue weighted by atomic mass is 10.0. The molecule has 1 amide bonds. The predicted octanol–water partition coefficient (Wildman–Crippen LogP) is 6.25. The van der Waals surface area contributed by atoms with Gasteiger partial charge in [0.05, 0.1) is 25.1 Å². The molecular weight excluding hydrogens is 471 g/mol. The van der Waals surface area contributed by atoms with Crippen molar-refractivity contribution in [3.05, 3.63) is 94.5 Å². The number of rotatable bonds is 7. The van der Waals surface area contributed by atoms with Crippen LogP contribution in [-0.2, 0) is 39.9 Å². The first kappa shape index (κ1) is 25.3. The molecule has 1 atom stereocenters. The van der Waals surface area contributed by atoms with Gasteiger partial charge in [-0.25, -0.2) is 0 Å². The fraction of sp³-hybridized carbons (Fsp3) is 0.286. The molecule has 0 radical (unpaired) electrons. The summed E-state index contributed by atoms with van der Waals surface area (Å²) in [6.45, 7) is 1.38. The SMILES string of the molecule is COC(=O)Cc1cccc(Oc2ccc(C(F)(F)F)cc2CN(C(C)=O)[C@H]2CCc3ccccc32)c1. The number of methoxy groups -OCH3 is 1. The van der Waals surface area contributed by atoms with Gasteiger partial charge in [0.25, 0.3) is 0 Å². The third kappa shape index (κ3) is 5.70. The van der Waals surface area contributed by atoms with Crippen LogP contribution in [0.1, 0.15) is 47.2 Å². The lowest BCUT2D eigenvalue weighted by molar-refractivity contribution is -0.140. The molecule has 188 valence electrons. The van der Waals surface area contributed by atoms with Gasteiger partial charge in [-0.1, -0.05) is 36.4 Å². The summed E-state index contributed by atoms with van der Waals surface area (Å²) in [5, 5.41) is 0. The van der Waals surface area contributed by atoms with Crippen LogP contribution in [0.2, 0.25) is 0 Å². The Morgan fingerprint density at radius 1 is 1.03 bits per heavy atom. The Labute approximate surface area is 207 Å². The molecule has 0 fully saturated rings. The van der Waals surface area contributed by atoms with Crippen LogP contribution in [0.15, 0.2) is 66.7 Å². The summed E-state index contributed by atoms with van der Waals surface area (Å²) in [6, 6.07) is 17.5. The van der Waals surface area contributed by atoms with Gasteiger partial charge in [-0.3, -0.25) is 9.59 Å². The van der Waals surface area contributed by atoms with E-state index in [9.17, 15) is 22.8 Å². The Balaban J connectivity index is 1.68. The molecule has 3 aromatic carbocycles. The fourth-order valence-electron chi connectivity index (χ4n) is 4.55. The van der Waals surface area contributed by atoms with Crippen molar-refractivity contribution in [2.24, 2.45) is 0 Å². The molecule has 3 aromatic rings. The summed E-state index contributed by atoms with van der Waals surface area (Å²) in [4.78, 5) is 25.9. The van der Waals surface area contributed by atoms with Gasteiger partial charge in [-0.2, -0.15) is 13.2 Å². The van der Waals surface area contributed by atoms with E-state index in [1.54, 1.807) is 29.2 Å². The van der Waals surface area contributed by atoms with Crippen LogP contribution in [0.25, 0.3) is 0 Å². The van der Waals surface area contributed by atoms with Crippen molar-refractivity contribution in [1.82, 2.24) is 4.90 Å². The fourth-order valence-corrected chi connectivity index (χ4v) is 4.55. The van der Waals surface area contributed by atoms with Crippen LogP contribution in [0.3, 0.4) is 0 Å². The standard InChI is InChI=1S/C28H26F3NO4/c1-18(33)32(25-12-10-20-7-3-4-9-24(20)25)17-21-16-22(28(29,30)31)11-13-26(21)36-23-8-5-6-19(14-23)15-27(34)35-2/h3-9,11,13-14,16,25H,10,12,15,17H2,1-2H3/t25-/m0/s1. The topological polar surface area (TPSA) is 55.8 Å². The molecule has 8 heteroatoms. The van der Waals surface area contributed by atoms with E-state index >= 15 is 0 Å². The van der Waals surface area contributed by atoms with Crippen molar-refractivity contribution in [3.63, 3.8) is 0 Å². The quantitative estimate of drug-likeness (QED) is 0.362. The van der Waals surface area contributed by atoms with Gasteiger partial charge in [0, 0.05) is 19.0 Å². The molecule has 0 spiro atoms. The minimum absolute atomic E-state index is 0.0345. The zero-order valence-corrected chi connectivity index (χ0v) is 20.0. The van der Waals surface area contributed by atoms with Crippen LogP contribution in [-0.4, -0.2) is 23.9 Å². The van der Waals surface area contributed by atoms with E-state index in [4.69, 9.17) is 9.47 Å². The maximum absolute atomic E-state index is 13.6. The minimum Gasteiger partial charge on any atom is -0.469 e. The van der Waals surface area contributed by atoms with Gasteiger partial charge < -0.3 is 14.4 Å². The number of alkyl halides is 3. The lowest BCUT2D eigenvalue weighted by Crippen LogP contribution is -2.31. The highest BCUT2D eigenvalue weighted by atomic mass is 19.4. The molecule has 1 aliphatic carbocycles. The lowest BCUT2D eigenvalue weighted by Gasteiger charge is -2.30. The van der Waals surface area contributed by atoms with Gasteiger partial charge in [0.1, 0.15) is 11.5 Å². The first-order chi connectivity index (χ1) is 17.2. The van der Waals surface area contributed by atoms with Crippen molar-refractivity contribution < 1.29 is 32.2 Å². The Morgan fingerprint density at radius 3 is 2.53 bits per heavy atom. The molecule has 0 heterocycles. The number of ether oxygens (including phenoxy) is 2. The molecule has 0 unspecified atom stereocenters. The van der Waals surface area contributed by atoms with Gasteiger partial charge in [-0.15, -0.1) is 0 Å². The number of amides is 1. The molecule has 0 saturated carbocycles. The van der Waals surface area contributed by atoms with Crippen molar-refractivity contribution in [2.75, 3.05) is 7.11 Å². The van der Waals surface area contributed by atoms with Gasteiger partial charge in [0.2, 0.25) is 5.91 Å². The molecular formula is C28H26F3NO4. The largest absolute Gasteiger partial charge is 0.469 e. The van der Waals surface area contributed by atoms with Crippen LogP contribution < -0.4 is 4.74 Å². The van der Waals surface area contributed by atoms with E-state index in [-0.39, 0.29) is 36.2 Å². The van der Waals surface area contributed by atoms with Crippen molar-refractivity contribution in [1.29, 1.82) is 0 Å². The Hall–Kier alpha value is -3.81. The highest BCUT2D eigenvalue weighted by molar-refractivity contribution is 5.74. The van der Waals surface area contributed by atoms with Gasteiger partial charge in [-0.05, 0) is 59.9 Å². The van der Waals surface area contributed by atoms with E-state index in [1.165, 1.54) is 20.1 Å². The summed E-state index contributed by atoms with van der Waals surface area (Å²) in [6.07, 6.45) is -3.02. The number of esters is 1. The summed E-state index contributed by atoms with van der Waals surface area (Å²) in [5.74, 6) is -0.0924. The zero-order valence-electron chi connectivity index (χ0n) is 20.0. The van der Waals surface area contributed by atoms with E-state index in [1.807, 2.05) is 24.3 Å². The number of carbonyl (C=O) groups excluding carboxylic acids is 2. The second kappa shape index (κ2) is 10.4. The first-order valence-corrected chi connectivity index (χ1v) is 11.5. The predicted molar refractivity (Wildman–Crippen MR) is 127 cm³/mol. The third-order valence-electron chi connectivity index (χ3n) is 6.31. The minimum atomic E-state index is -4.55. The number of carbonyl (C=O) groups is 2. The number of fused-ring (bicyclic) bond motifs is 1. The summed E-state index contributed by atoms with van der Waals surface area (Å²) in [7, 11) is 1.29. The van der Waals surface area contributed by atoms with Crippen molar-refractivity contribution >= 4 is 11.9 Å². The van der Waals surface area contributed by atoms with Crippen LogP contribution in [0.4, 0.5) is 13.2 Å². The maximum Gasteiger partial charge on any atom is 0.416 e. The highest BCUT2D eigenvalue weighted by Crippen LogP contribution is 2.39. The Morgan fingerprint density at radius 2 is 1.81 bits per heavy atom. The Kier molecular flexibility index (Phi) is 7.33. The highest BCUT2D eigenvalue weighted by Gasteiger charge is 2.33. The van der Waals surface area contributed by atoms with Crippen molar-refractivity contribution in [3.8, 4) is 11.5 Å². The molecule has 0 N–H and O–H groups in total. The Bertz CT molecular complexity index is 1270. The van der Waals surface area contributed by atoms with Gasteiger partial charge >= 0.3 is 12.1 Å². The number of hydrogen-bond donors (Lipinski definition) is 0. The zero-order chi connectivity index (χ0) is 25.9. The van der Waals surface area contributed by atoms with Crippen LogP contribution in [0, 0.1) is 0 Å².